The number of oxime groups is 6. The van der Waals surface area contributed by atoms with E-state index >= 15 is 0 Å². The number of benzene rings is 5. The summed E-state index contributed by atoms with van der Waals surface area (Å²) in [4.78, 5) is 8.32. The normalized spacial score (nSPS) is 20.2. The first kappa shape index (κ1) is 52.6. The SMILES string of the molecule is CC(C)(C)c1cc2c(O)c(c1)/C=N/O[B-]1(c3ccc(-c4ccncc4)cc3)O/N=C/c3cc(C(C)(C)C)cc(c3O)/C=N/O[B-](c3ccc(-c4ccncc4)cc3)(O/N=C/2)O/N=C/c2cc(C(C)(C)C)cc(c2O)/C=N/O1. The second-order valence-electron chi connectivity index (χ2n) is 21.8. The molecule has 3 aliphatic heterocycles. The molecule has 5 aromatic carbocycles. The second kappa shape index (κ2) is 21.2. The summed E-state index contributed by atoms with van der Waals surface area (Å²) in [6.45, 7) is 11.3. The number of phenols is 3. The lowest BCUT2D eigenvalue weighted by Gasteiger charge is -2.35. The van der Waals surface area contributed by atoms with Crippen LogP contribution in [0.4, 0.5) is 0 Å². The van der Waals surface area contributed by atoms with E-state index in [1.807, 2.05) is 111 Å². The molecule has 0 atom stereocenters. The Kier molecular flexibility index (Phi) is 14.5. The van der Waals surface area contributed by atoms with Crippen molar-refractivity contribution in [1.82, 2.24) is 9.97 Å². The predicted octanol–water partition coefficient (Wildman–Crippen LogP) is 10.0. The molecule has 2 aromatic heterocycles. The number of hydrogen-bond acceptors (Lipinski definition) is 17. The fourth-order valence-corrected chi connectivity index (χ4v) is 8.33. The highest BCUT2D eigenvalue weighted by atomic mass is 16.9. The molecular formula is C58H58B2N8O9-2. The largest absolute Gasteiger partial charge is 0.640 e. The van der Waals surface area contributed by atoms with Crippen molar-refractivity contribution >= 4 is 61.7 Å². The van der Waals surface area contributed by atoms with Crippen LogP contribution >= 0.6 is 0 Å². The molecule has 0 spiro atoms. The van der Waals surface area contributed by atoms with Crippen LogP contribution in [0.15, 0.2) is 165 Å². The van der Waals surface area contributed by atoms with E-state index in [-0.39, 0.29) is 61.6 Å². The maximum atomic E-state index is 12.0. The van der Waals surface area contributed by atoms with Gasteiger partial charge >= 0.3 is 13.5 Å². The van der Waals surface area contributed by atoms with E-state index in [0.717, 1.165) is 38.9 Å². The summed E-state index contributed by atoms with van der Waals surface area (Å²) in [6.07, 6.45) is 14.6. The lowest BCUT2D eigenvalue weighted by atomic mass is 9.70. The van der Waals surface area contributed by atoms with Crippen LogP contribution in [0.1, 0.15) is 112 Å². The Balaban J connectivity index is 1.32. The van der Waals surface area contributed by atoms with Crippen LogP contribution in [-0.4, -0.2) is 76.1 Å². The van der Waals surface area contributed by atoms with Crippen molar-refractivity contribution in [3.05, 3.63) is 184 Å². The number of phenolic OH excluding ortho intramolecular Hbond substituents is 3. The Bertz CT molecular complexity index is 3030. The van der Waals surface area contributed by atoms with E-state index in [1.54, 1.807) is 85.5 Å². The first-order valence-electron chi connectivity index (χ1n) is 24.9. The minimum Gasteiger partial charge on any atom is -0.536 e. The van der Waals surface area contributed by atoms with Crippen molar-refractivity contribution in [1.29, 1.82) is 0 Å². The average molecular weight is 1030 g/mol. The summed E-state index contributed by atoms with van der Waals surface area (Å²) < 4.78 is 38.3. The molecule has 0 fully saturated rings. The van der Waals surface area contributed by atoms with Crippen LogP contribution in [0.25, 0.3) is 22.3 Å². The molecule has 3 N–H and O–H groups in total. The van der Waals surface area contributed by atoms with Crippen LogP contribution in [0, 0.1) is 0 Å². The van der Waals surface area contributed by atoms with Gasteiger partial charge in [0.25, 0.3) is 0 Å². The number of nitrogens with zero attached hydrogens (tertiary/aromatic N) is 8. The number of aromatic hydroxyl groups is 3. The fourth-order valence-electron chi connectivity index (χ4n) is 8.33. The van der Waals surface area contributed by atoms with E-state index in [1.165, 1.54) is 37.3 Å². The summed E-state index contributed by atoms with van der Waals surface area (Å²) >= 11 is 0. The van der Waals surface area contributed by atoms with Gasteiger partial charge in [-0.25, -0.2) is 0 Å². The quantitative estimate of drug-likeness (QED) is 0.141. The molecule has 8 bridgehead atoms. The Morgan fingerprint density at radius 1 is 0.312 bits per heavy atom. The summed E-state index contributed by atoms with van der Waals surface area (Å²) in [5, 5.41) is 62.5. The minimum atomic E-state index is -3.41. The van der Waals surface area contributed by atoms with E-state index in [0.29, 0.717) is 0 Å². The molecule has 19 heteroatoms. The zero-order valence-electron chi connectivity index (χ0n) is 44.2. The molecule has 3 aliphatic rings. The molecule has 0 unspecified atom stereocenters. The summed E-state index contributed by atoms with van der Waals surface area (Å²) in [5.74, 6) is -0.739. The van der Waals surface area contributed by atoms with Crippen molar-refractivity contribution in [2.75, 3.05) is 0 Å². The van der Waals surface area contributed by atoms with E-state index in [2.05, 4.69) is 40.9 Å². The van der Waals surface area contributed by atoms with Gasteiger partial charge in [-0.2, -0.15) is 0 Å². The number of rotatable bonds is 4. The predicted molar refractivity (Wildman–Crippen MR) is 303 cm³/mol. The number of aromatic nitrogens is 2. The highest BCUT2D eigenvalue weighted by Crippen LogP contribution is 2.34. The molecular weight excluding hydrogens is 974 g/mol. The Morgan fingerprint density at radius 3 is 0.727 bits per heavy atom. The van der Waals surface area contributed by atoms with Gasteiger partial charge in [0.15, 0.2) is 0 Å². The van der Waals surface area contributed by atoms with Gasteiger partial charge in [0.05, 0.1) is 37.3 Å². The molecule has 17 nitrogen and oxygen atoms in total. The Morgan fingerprint density at radius 2 is 0.519 bits per heavy atom. The highest BCUT2D eigenvalue weighted by Gasteiger charge is 2.42. The third-order valence-corrected chi connectivity index (χ3v) is 13.1. The second-order valence-corrected chi connectivity index (χ2v) is 21.8. The Labute approximate surface area is 446 Å². The van der Waals surface area contributed by atoms with Crippen LogP contribution in [0.3, 0.4) is 0 Å². The fraction of sp³-hybridized carbons (Fsp3) is 0.207. The molecule has 392 valence electrons. The van der Waals surface area contributed by atoms with Crippen molar-refractivity contribution < 1.29 is 43.9 Å². The molecule has 10 rings (SSSR count). The van der Waals surface area contributed by atoms with Gasteiger partial charge in [0, 0.05) is 58.2 Å². The van der Waals surface area contributed by atoms with Gasteiger partial charge in [-0.1, -0.05) is 122 Å². The monoisotopic (exact) mass is 1030 g/mol. The topological polar surface area (TPSA) is 216 Å². The summed E-state index contributed by atoms with van der Waals surface area (Å²) in [5.41, 5.74) is 6.27. The van der Waals surface area contributed by atoms with E-state index < -0.39 is 29.8 Å². The maximum Gasteiger partial charge on any atom is 0.640 e. The first-order chi connectivity index (χ1) is 36.7. The van der Waals surface area contributed by atoms with Crippen LogP contribution in [0.2, 0.25) is 0 Å². The smallest absolute Gasteiger partial charge is 0.536 e. The van der Waals surface area contributed by atoms with Crippen molar-refractivity contribution in [2.24, 2.45) is 30.9 Å². The molecule has 0 saturated carbocycles. The number of fused-ring (bicyclic) bond motifs is 6. The third-order valence-electron chi connectivity index (χ3n) is 13.1. The molecule has 0 aliphatic carbocycles. The standard InChI is InChI=1S/C58H58B2N8O9/c1-56(2,3)48-26-42-32-63-72-59(51-14-10-38(11-15-51)40-18-22-61-23-19-40)74-65-34-44-28-49(57(4,5)6)29-45(54(44)70)35-66-75-60(73-64-33-43(27-48)53(42)69,52-16-12-39(13-17-52)41-20-24-62-25-21-41)77-68-37-47-31-50(58(7,8)9)30-46(55(47)71)36-67-76-59/h10-37,69-71H,1-9H3/q-2/b63-32+,64-33+,65-34+,66-35+,67-36+,68-37+. The molecule has 0 saturated heterocycles. The van der Waals surface area contributed by atoms with Crippen molar-refractivity contribution in [3.63, 3.8) is 0 Å². The van der Waals surface area contributed by atoms with Gasteiger partial charge < -0.3 is 43.9 Å². The molecule has 5 heterocycles. The lowest BCUT2D eigenvalue weighted by Crippen LogP contribution is -2.54. The van der Waals surface area contributed by atoms with Gasteiger partial charge in [0.2, 0.25) is 0 Å². The summed E-state index contributed by atoms with van der Waals surface area (Å²) in [7, 11) is 0. The van der Waals surface area contributed by atoms with Gasteiger partial charge in [-0.15, -0.1) is 30.9 Å². The molecule has 0 radical (unpaired) electrons. The number of pyridine rings is 2. The van der Waals surface area contributed by atoms with Crippen molar-refractivity contribution in [3.8, 4) is 39.5 Å². The lowest BCUT2D eigenvalue weighted by molar-refractivity contribution is 0.0821. The number of hydrogen-bond donors (Lipinski definition) is 3. The van der Waals surface area contributed by atoms with Gasteiger partial charge in [-0.05, 0) is 116 Å². The van der Waals surface area contributed by atoms with Crippen molar-refractivity contribution in [2.45, 2.75) is 78.6 Å². The molecule has 7 aromatic rings. The average Bonchev–Trinajstić information content (AvgIpc) is 3.41. The van der Waals surface area contributed by atoms with Gasteiger partial charge in [-0.3, -0.25) is 9.97 Å². The molecule has 0 amide bonds. The Hall–Kier alpha value is -9.25. The molecule has 77 heavy (non-hydrogen) atoms. The summed E-state index contributed by atoms with van der Waals surface area (Å²) in [6, 6.07) is 32.2. The van der Waals surface area contributed by atoms with Gasteiger partial charge in [0.1, 0.15) is 17.2 Å². The van der Waals surface area contributed by atoms with E-state index in [4.69, 9.17) is 28.5 Å². The highest BCUT2D eigenvalue weighted by molar-refractivity contribution is 6.75. The maximum absolute atomic E-state index is 12.0. The van der Waals surface area contributed by atoms with Crippen LogP contribution in [0.5, 0.6) is 17.2 Å². The third kappa shape index (κ3) is 11.7. The minimum absolute atomic E-state index is 0.213. The van der Waals surface area contributed by atoms with E-state index in [9.17, 15) is 15.3 Å². The zero-order valence-corrected chi connectivity index (χ0v) is 44.2. The first-order valence-corrected chi connectivity index (χ1v) is 24.9. The van der Waals surface area contributed by atoms with Crippen LogP contribution in [-0.2, 0) is 44.8 Å². The zero-order chi connectivity index (χ0) is 54.6. The van der Waals surface area contributed by atoms with Crippen LogP contribution < -0.4 is 10.9 Å².